The lowest BCUT2D eigenvalue weighted by atomic mass is 10.2. The molecule has 0 spiro atoms. The Hall–Kier alpha value is -3.57. The number of methoxy groups -OCH3 is 1. The Bertz CT molecular complexity index is 1190. The summed E-state index contributed by atoms with van der Waals surface area (Å²) in [4.78, 5) is 23.3. The number of nitrogens with zero attached hydrogens (tertiary/aromatic N) is 4. The van der Waals surface area contributed by atoms with Gasteiger partial charge in [-0.15, -0.1) is 0 Å². The summed E-state index contributed by atoms with van der Waals surface area (Å²) >= 11 is 0. The first kappa shape index (κ1) is 27.5. The minimum absolute atomic E-state index is 0.166. The lowest BCUT2D eigenvalue weighted by Gasteiger charge is -2.26. The molecule has 11 nitrogen and oxygen atoms in total. The number of unbranched alkanes of at least 4 members (excludes halogenated alkanes) is 2. The Morgan fingerprint density at radius 2 is 2.03 bits per heavy atom. The van der Waals surface area contributed by atoms with Crippen molar-refractivity contribution in [2.45, 2.75) is 32.7 Å². The molecule has 0 radical (unpaired) electrons. The summed E-state index contributed by atoms with van der Waals surface area (Å²) in [6, 6.07) is 7.41. The van der Waals surface area contributed by atoms with Crippen molar-refractivity contribution in [3.05, 3.63) is 36.0 Å². The Kier molecular flexibility index (Phi) is 9.99. The third-order valence-corrected chi connectivity index (χ3v) is 6.42. The molecule has 0 amide bonds. The monoisotopic (exact) mass is 526 g/mol. The molecule has 1 aliphatic rings. The number of hydrogen-bond donors (Lipinski definition) is 2. The Morgan fingerprint density at radius 1 is 1.18 bits per heavy atom. The van der Waals surface area contributed by atoms with Crippen molar-refractivity contribution in [2.75, 3.05) is 70.8 Å². The third kappa shape index (κ3) is 7.48. The molecule has 0 aliphatic carbocycles. The zero-order valence-electron chi connectivity index (χ0n) is 22.3. The quantitative estimate of drug-likeness (QED) is 0.239. The number of esters is 1. The van der Waals surface area contributed by atoms with Gasteiger partial charge in [-0.05, 0) is 30.7 Å². The second kappa shape index (κ2) is 13.8. The molecule has 0 atom stereocenters. The van der Waals surface area contributed by atoms with E-state index in [0.29, 0.717) is 50.2 Å². The highest BCUT2D eigenvalue weighted by Gasteiger charge is 2.15. The van der Waals surface area contributed by atoms with Gasteiger partial charge in [-0.1, -0.05) is 19.8 Å². The lowest BCUT2D eigenvalue weighted by Crippen LogP contribution is -2.38. The van der Waals surface area contributed by atoms with Crippen LogP contribution in [0.1, 0.15) is 31.7 Å². The Morgan fingerprint density at radius 3 is 2.82 bits per heavy atom. The number of nitrogens with two attached hydrogens (primary N) is 1. The van der Waals surface area contributed by atoms with Gasteiger partial charge in [-0.3, -0.25) is 4.90 Å². The van der Waals surface area contributed by atoms with Crippen LogP contribution in [0.15, 0.2) is 30.5 Å². The first-order valence-corrected chi connectivity index (χ1v) is 13.2. The highest BCUT2D eigenvalue weighted by atomic mass is 16.6. The number of ether oxygens (including phenoxy) is 4. The molecule has 11 heteroatoms. The van der Waals surface area contributed by atoms with Crippen LogP contribution in [0.25, 0.3) is 11.0 Å². The largest absolute Gasteiger partial charge is 0.496 e. The highest BCUT2D eigenvalue weighted by Crippen LogP contribution is 2.29. The number of carbonyl (C=O) groups is 1. The van der Waals surface area contributed by atoms with Crippen molar-refractivity contribution in [1.29, 1.82) is 0 Å². The summed E-state index contributed by atoms with van der Waals surface area (Å²) in [5.74, 6) is 1.81. The average Bonchev–Trinajstić information content (AvgIpc) is 3.33. The number of nitrogen functional groups attached to an aromatic ring is 1. The second-order valence-electron chi connectivity index (χ2n) is 9.18. The molecular weight excluding hydrogens is 488 g/mol. The van der Waals surface area contributed by atoms with Crippen LogP contribution < -0.4 is 20.5 Å². The standard InChI is InChI=1S/C27H38N6O5/c1-3-4-5-9-29-26-25-22(30-27(28)31-26)8-10-33(25)18-20-17-21(6-7-23(20)35-2)38-19-24(34)37-16-13-32-11-14-36-15-12-32/h6-8,10,17H,3-5,9,11-16,18-19H2,1-2H3,(H3,28,29,30,31). The molecule has 3 N–H and O–H groups in total. The number of fused-ring (bicyclic) bond motifs is 1. The van der Waals surface area contributed by atoms with Crippen molar-refractivity contribution in [1.82, 2.24) is 19.4 Å². The van der Waals surface area contributed by atoms with E-state index in [2.05, 4.69) is 31.7 Å². The van der Waals surface area contributed by atoms with Gasteiger partial charge in [0.25, 0.3) is 0 Å². The van der Waals surface area contributed by atoms with Gasteiger partial charge in [0.05, 0.1) is 32.4 Å². The average molecular weight is 527 g/mol. The summed E-state index contributed by atoms with van der Waals surface area (Å²) < 4.78 is 24.1. The molecule has 0 unspecified atom stereocenters. The molecule has 2 aromatic heterocycles. The van der Waals surface area contributed by atoms with Crippen LogP contribution in [0.4, 0.5) is 11.8 Å². The number of carbonyl (C=O) groups excluding carboxylic acids is 1. The summed E-state index contributed by atoms with van der Waals surface area (Å²) in [6.07, 6.45) is 5.28. The molecule has 1 fully saturated rings. The minimum Gasteiger partial charge on any atom is -0.496 e. The SMILES string of the molecule is CCCCCNc1nc(N)nc2ccn(Cc3cc(OCC(=O)OCCN4CCOCC4)ccc3OC)c12. The van der Waals surface area contributed by atoms with Gasteiger partial charge in [-0.2, -0.15) is 4.98 Å². The third-order valence-electron chi connectivity index (χ3n) is 6.42. The van der Waals surface area contributed by atoms with Crippen LogP contribution in [0.3, 0.4) is 0 Å². The molecule has 4 rings (SSSR count). The van der Waals surface area contributed by atoms with Crippen molar-refractivity contribution in [2.24, 2.45) is 0 Å². The number of aromatic nitrogens is 3. The van der Waals surface area contributed by atoms with Gasteiger partial charge < -0.3 is 34.6 Å². The molecule has 3 aromatic rings. The van der Waals surface area contributed by atoms with Crippen LogP contribution in [0.2, 0.25) is 0 Å². The Labute approximate surface area is 223 Å². The fraction of sp³-hybridized carbons (Fsp3) is 0.519. The number of hydrogen-bond acceptors (Lipinski definition) is 10. The first-order valence-electron chi connectivity index (χ1n) is 13.2. The highest BCUT2D eigenvalue weighted by molar-refractivity contribution is 5.87. The van der Waals surface area contributed by atoms with Crippen molar-refractivity contribution < 1.29 is 23.7 Å². The Balaban J connectivity index is 1.40. The maximum absolute atomic E-state index is 12.2. The molecule has 3 heterocycles. The van der Waals surface area contributed by atoms with E-state index in [0.717, 1.165) is 55.5 Å². The van der Waals surface area contributed by atoms with Gasteiger partial charge in [0.1, 0.15) is 23.6 Å². The van der Waals surface area contributed by atoms with Gasteiger partial charge in [-0.25, -0.2) is 9.78 Å². The molecule has 0 saturated carbocycles. The van der Waals surface area contributed by atoms with Crippen molar-refractivity contribution in [3.63, 3.8) is 0 Å². The van der Waals surface area contributed by atoms with Crippen LogP contribution in [0.5, 0.6) is 11.5 Å². The van der Waals surface area contributed by atoms with E-state index in [-0.39, 0.29) is 12.6 Å². The number of rotatable bonds is 14. The maximum atomic E-state index is 12.2. The summed E-state index contributed by atoms with van der Waals surface area (Å²) in [6.45, 7) is 7.47. The molecule has 1 aromatic carbocycles. The lowest BCUT2D eigenvalue weighted by molar-refractivity contribution is -0.146. The maximum Gasteiger partial charge on any atom is 0.344 e. The van der Waals surface area contributed by atoms with E-state index >= 15 is 0 Å². The van der Waals surface area contributed by atoms with Crippen LogP contribution in [-0.4, -0.2) is 85.1 Å². The smallest absolute Gasteiger partial charge is 0.344 e. The van der Waals surface area contributed by atoms with E-state index in [1.165, 1.54) is 0 Å². The van der Waals surface area contributed by atoms with Crippen LogP contribution in [0, 0.1) is 0 Å². The van der Waals surface area contributed by atoms with Gasteiger partial charge in [0.15, 0.2) is 12.4 Å². The van der Waals surface area contributed by atoms with E-state index in [1.54, 1.807) is 13.2 Å². The molecule has 206 valence electrons. The first-order chi connectivity index (χ1) is 18.6. The van der Waals surface area contributed by atoms with E-state index in [1.807, 2.05) is 24.4 Å². The fourth-order valence-corrected chi connectivity index (χ4v) is 4.41. The predicted octanol–water partition coefficient (Wildman–Crippen LogP) is 2.93. The molecular formula is C27H38N6O5. The topological polar surface area (TPSA) is 126 Å². The molecule has 38 heavy (non-hydrogen) atoms. The van der Waals surface area contributed by atoms with E-state index in [4.69, 9.17) is 24.7 Å². The van der Waals surface area contributed by atoms with E-state index in [9.17, 15) is 4.79 Å². The minimum atomic E-state index is -0.402. The van der Waals surface area contributed by atoms with Gasteiger partial charge in [0.2, 0.25) is 5.95 Å². The van der Waals surface area contributed by atoms with E-state index < -0.39 is 5.97 Å². The summed E-state index contributed by atoms with van der Waals surface area (Å²) in [7, 11) is 1.63. The zero-order chi connectivity index (χ0) is 26.7. The summed E-state index contributed by atoms with van der Waals surface area (Å²) in [5.41, 5.74) is 8.48. The predicted molar refractivity (Wildman–Crippen MR) is 146 cm³/mol. The van der Waals surface area contributed by atoms with Crippen LogP contribution >= 0.6 is 0 Å². The molecule has 0 bridgehead atoms. The van der Waals surface area contributed by atoms with Gasteiger partial charge >= 0.3 is 5.97 Å². The fourth-order valence-electron chi connectivity index (χ4n) is 4.41. The molecule has 1 saturated heterocycles. The number of nitrogens with one attached hydrogen (secondary N) is 1. The number of anilines is 2. The summed E-state index contributed by atoms with van der Waals surface area (Å²) in [5, 5.41) is 3.42. The molecule has 1 aliphatic heterocycles. The van der Waals surface area contributed by atoms with Crippen molar-refractivity contribution >= 4 is 28.8 Å². The normalized spacial score (nSPS) is 13.9. The van der Waals surface area contributed by atoms with Crippen molar-refractivity contribution in [3.8, 4) is 11.5 Å². The zero-order valence-corrected chi connectivity index (χ0v) is 22.3. The van der Waals surface area contributed by atoms with Crippen LogP contribution in [-0.2, 0) is 20.8 Å². The number of morpholine rings is 1. The second-order valence-corrected chi connectivity index (χ2v) is 9.18. The number of benzene rings is 1. The van der Waals surface area contributed by atoms with Gasteiger partial charge in [0, 0.05) is 37.9 Å².